The second kappa shape index (κ2) is 10.0. The van der Waals surface area contributed by atoms with Crippen molar-refractivity contribution in [2.75, 3.05) is 6.54 Å². The van der Waals surface area contributed by atoms with Crippen molar-refractivity contribution < 1.29 is 19.5 Å². The molecule has 158 valence electrons. The zero-order valence-corrected chi connectivity index (χ0v) is 16.7. The smallest absolute Gasteiger partial charge is 0.326 e. The van der Waals surface area contributed by atoms with Crippen LogP contribution in [0.5, 0.6) is 0 Å². The molecule has 1 heterocycles. The first kappa shape index (κ1) is 21.5. The van der Waals surface area contributed by atoms with E-state index in [2.05, 4.69) is 5.32 Å². The van der Waals surface area contributed by atoms with Gasteiger partial charge in [-0.15, -0.1) is 0 Å². The van der Waals surface area contributed by atoms with Crippen LogP contribution in [0.1, 0.15) is 24.0 Å². The lowest BCUT2D eigenvalue weighted by Crippen LogP contribution is -2.54. The van der Waals surface area contributed by atoms with E-state index in [0.29, 0.717) is 25.8 Å². The van der Waals surface area contributed by atoms with E-state index in [1.54, 1.807) is 0 Å². The molecule has 7 nitrogen and oxygen atoms in total. The Kier molecular flexibility index (Phi) is 7.19. The van der Waals surface area contributed by atoms with Crippen molar-refractivity contribution in [1.29, 1.82) is 0 Å². The van der Waals surface area contributed by atoms with Crippen LogP contribution < -0.4 is 11.1 Å². The van der Waals surface area contributed by atoms with E-state index in [-0.39, 0.29) is 12.3 Å². The summed E-state index contributed by atoms with van der Waals surface area (Å²) in [6, 6.07) is 16.1. The second-order valence-electron chi connectivity index (χ2n) is 7.58. The van der Waals surface area contributed by atoms with Gasteiger partial charge in [0.2, 0.25) is 11.8 Å². The van der Waals surface area contributed by atoms with Gasteiger partial charge in [-0.1, -0.05) is 60.7 Å². The molecule has 4 N–H and O–H groups in total. The third-order valence-electron chi connectivity index (χ3n) is 5.35. The molecule has 0 saturated carbocycles. The van der Waals surface area contributed by atoms with Crippen LogP contribution in [0.2, 0.25) is 0 Å². The van der Waals surface area contributed by atoms with Gasteiger partial charge >= 0.3 is 5.97 Å². The summed E-state index contributed by atoms with van der Waals surface area (Å²) < 4.78 is 0. The monoisotopic (exact) mass is 409 g/mol. The van der Waals surface area contributed by atoms with Crippen molar-refractivity contribution in [3.63, 3.8) is 0 Å². The van der Waals surface area contributed by atoms with Gasteiger partial charge in [-0.2, -0.15) is 0 Å². The quantitative estimate of drug-likeness (QED) is 0.609. The van der Waals surface area contributed by atoms with E-state index in [1.807, 2.05) is 60.7 Å². The second-order valence-corrected chi connectivity index (χ2v) is 7.58. The zero-order valence-electron chi connectivity index (χ0n) is 16.7. The molecule has 2 aromatic carbocycles. The first-order valence-corrected chi connectivity index (χ1v) is 10.1. The number of carbonyl (C=O) groups is 3. The van der Waals surface area contributed by atoms with Gasteiger partial charge in [0, 0.05) is 13.0 Å². The van der Waals surface area contributed by atoms with Crippen LogP contribution >= 0.6 is 0 Å². The van der Waals surface area contributed by atoms with E-state index >= 15 is 0 Å². The molecule has 1 aliphatic rings. The normalized spacial score (nSPS) is 17.9. The number of hydrogen-bond acceptors (Lipinski definition) is 4. The molecule has 1 saturated heterocycles. The summed E-state index contributed by atoms with van der Waals surface area (Å²) in [5.41, 5.74) is 7.89. The molecule has 0 spiro atoms. The highest BCUT2D eigenvalue weighted by Gasteiger charge is 2.37. The van der Waals surface area contributed by atoms with Gasteiger partial charge < -0.3 is 21.1 Å². The van der Waals surface area contributed by atoms with Gasteiger partial charge in [0.1, 0.15) is 12.1 Å². The summed E-state index contributed by atoms with van der Waals surface area (Å²) in [5.74, 6) is -1.84. The van der Waals surface area contributed by atoms with E-state index in [9.17, 15) is 19.5 Å². The molecule has 0 aromatic heterocycles. The predicted molar refractivity (Wildman–Crippen MR) is 113 cm³/mol. The first-order valence-electron chi connectivity index (χ1n) is 10.1. The number of benzene rings is 2. The molecule has 2 amide bonds. The molecular weight excluding hydrogens is 382 g/mol. The zero-order chi connectivity index (χ0) is 21.5. The minimum absolute atomic E-state index is 0.177. The topological polar surface area (TPSA) is 113 Å². The Morgan fingerprint density at radius 1 is 1.00 bits per heavy atom. The van der Waals surface area contributed by atoms with E-state index in [0.717, 1.165) is 11.1 Å². The van der Waals surface area contributed by atoms with Crippen LogP contribution in [0.3, 0.4) is 0 Å². The van der Waals surface area contributed by atoms with Crippen LogP contribution in [0, 0.1) is 0 Å². The number of amides is 2. The molecular formula is C23H27N3O4. The average Bonchev–Trinajstić information content (AvgIpc) is 3.24. The largest absolute Gasteiger partial charge is 0.480 e. The molecule has 0 unspecified atom stereocenters. The summed E-state index contributed by atoms with van der Waals surface area (Å²) in [7, 11) is 0. The van der Waals surface area contributed by atoms with Crippen LogP contribution in [-0.2, 0) is 27.2 Å². The number of nitrogens with zero attached hydrogens (tertiary/aromatic N) is 1. The lowest BCUT2D eigenvalue weighted by molar-refractivity contribution is -0.144. The maximum atomic E-state index is 12.9. The molecule has 30 heavy (non-hydrogen) atoms. The fourth-order valence-electron chi connectivity index (χ4n) is 3.79. The Labute approximate surface area is 175 Å². The Balaban J connectivity index is 1.63. The number of likely N-dealkylation sites (tertiary alicyclic amines) is 1. The summed E-state index contributed by atoms with van der Waals surface area (Å²) in [6.45, 7) is 0.440. The third-order valence-corrected chi connectivity index (χ3v) is 5.35. The number of nitrogens with two attached hydrogens (primary N) is 1. The maximum absolute atomic E-state index is 12.9. The van der Waals surface area contributed by atoms with Gasteiger partial charge in [-0.05, 0) is 30.4 Å². The number of carboxylic acids is 1. The molecule has 3 atom stereocenters. The molecule has 1 aliphatic heterocycles. The molecule has 2 aromatic rings. The summed E-state index contributed by atoms with van der Waals surface area (Å²) in [4.78, 5) is 38.9. The Hall–Kier alpha value is -3.19. The highest BCUT2D eigenvalue weighted by molar-refractivity contribution is 5.92. The minimum Gasteiger partial charge on any atom is -0.480 e. The minimum atomic E-state index is -1.11. The molecule has 0 aliphatic carbocycles. The van der Waals surface area contributed by atoms with Crippen molar-refractivity contribution in [3.8, 4) is 0 Å². The van der Waals surface area contributed by atoms with Gasteiger partial charge in [0.15, 0.2) is 0 Å². The predicted octanol–water partition coefficient (Wildman–Crippen LogP) is 1.36. The molecule has 7 heteroatoms. The van der Waals surface area contributed by atoms with Crippen molar-refractivity contribution in [3.05, 3.63) is 71.8 Å². The summed E-state index contributed by atoms with van der Waals surface area (Å²) >= 11 is 0. The maximum Gasteiger partial charge on any atom is 0.326 e. The van der Waals surface area contributed by atoms with Gasteiger partial charge in [0.25, 0.3) is 0 Å². The highest BCUT2D eigenvalue weighted by atomic mass is 16.4. The Morgan fingerprint density at radius 3 is 2.13 bits per heavy atom. The van der Waals surface area contributed by atoms with Gasteiger partial charge in [0.05, 0.1) is 6.04 Å². The van der Waals surface area contributed by atoms with Crippen molar-refractivity contribution >= 4 is 17.8 Å². The van der Waals surface area contributed by atoms with Crippen LogP contribution in [0.4, 0.5) is 0 Å². The first-order chi connectivity index (χ1) is 14.5. The van der Waals surface area contributed by atoms with Gasteiger partial charge in [-0.25, -0.2) is 4.79 Å². The Morgan fingerprint density at radius 2 is 1.57 bits per heavy atom. The van der Waals surface area contributed by atoms with Crippen LogP contribution in [0.25, 0.3) is 0 Å². The number of carboxylic acid groups (broad SMARTS) is 1. The van der Waals surface area contributed by atoms with Crippen molar-refractivity contribution in [1.82, 2.24) is 10.2 Å². The molecule has 0 bridgehead atoms. The Bertz CT molecular complexity index is 873. The SMILES string of the molecule is N[C@H](Cc1ccccc1)C(=O)N1CCC[C@H]1C(=O)N[C@@H](Cc1ccccc1)C(=O)O. The average molecular weight is 409 g/mol. The van der Waals surface area contributed by atoms with E-state index in [4.69, 9.17) is 5.73 Å². The number of carbonyl (C=O) groups excluding carboxylic acids is 2. The summed E-state index contributed by atoms with van der Waals surface area (Å²) in [6.07, 6.45) is 1.73. The lowest BCUT2D eigenvalue weighted by atomic mass is 10.0. The van der Waals surface area contributed by atoms with Gasteiger partial charge in [-0.3, -0.25) is 9.59 Å². The molecule has 0 radical (unpaired) electrons. The number of hydrogen-bond donors (Lipinski definition) is 3. The standard InChI is InChI=1S/C23H27N3O4/c24-18(14-16-8-3-1-4-9-16)22(28)26-13-7-12-20(26)21(27)25-19(23(29)30)15-17-10-5-2-6-11-17/h1-6,8-11,18-20H,7,12-15,24H2,(H,25,27)(H,29,30)/t18-,19+,20+/m1/s1. The third kappa shape index (κ3) is 5.45. The fourth-order valence-corrected chi connectivity index (χ4v) is 3.79. The molecule has 3 rings (SSSR count). The molecule has 1 fully saturated rings. The number of aliphatic carboxylic acids is 1. The fraction of sp³-hybridized carbons (Fsp3) is 0.348. The number of nitrogens with one attached hydrogen (secondary N) is 1. The van der Waals surface area contributed by atoms with E-state index in [1.165, 1.54) is 4.90 Å². The number of rotatable bonds is 8. The summed E-state index contributed by atoms with van der Waals surface area (Å²) in [5, 5.41) is 12.1. The van der Waals surface area contributed by atoms with Crippen LogP contribution in [0.15, 0.2) is 60.7 Å². The van der Waals surface area contributed by atoms with Crippen molar-refractivity contribution in [2.45, 2.75) is 43.8 Å². The van der Waals surface area contributed by atoms with Crippen molar-refractivity contribution in [2.24, 2.45) is 5.73 Å². The van der Waals surface area contributed by atoms with E-state index < -0.39 is 30.0 Å². The lowest BCUT2D eigenvalue weighted by Gasteiger charge is -2.28. The highest BCUT2D eigenvalue weighted by Crippen LogP contribution is 2.19. The van der Waals surface area contributed by atoms with Crippen LogP contribution in [-0.4, -0.2) is 52.5 Å².